The van der Waals surface area contributed by atoms with E-state index in [1.807, 2.05) is 25.1 Å². The minimum absolute atomic E-state index is 0.00226. The predicted molar refractivity (Wildman–Crippen MR) is 140 cm³/mol. The van der Waals surface area contributed by atoms with Crippen LogP contribution in [0.2, 0.25) is 0 Å². The lowest BCUT2D eigenvalue weighted by atomic mass is 10.1. The molecule has 2 unspecified atom stereocenters. The number of sulfonamides is 1. The zero-order valence-corrected chi connectivity index (χ0v) is 21.1. The van der Waals surface area contributed by atoms with Gasteiger partial charge < -0.3 is 30.7 Å². The number of nitrogens with one attached hydrogen (secondary N) is 1. The Morgan fingerprint density at radius 1 is 1.16 bits per heavy atom. The Morgan fingerprint density at radius 2 is 1.86 bits per heavy atom. The van der Waals surface area contributed by atoms with E-state index in [1.165, 1.54) is 12.1 Å². The molecule has 1 aliphatic rings. The molecule has 3 aromatic rings. The summed E-state index contributed by atoms with van der Waals surface area (Å²) in [6.07, 6.45) is 3.28. The lowest BCUT2D eigenvalue weighted by molar-refractivity contribution is 0.0375. The Hall–Kier alpha value is -3.71. The number of carbonyl (C=O) groups is 1. The molecule has 0 aliphatic carbocycles. The van der Waals surface area contributed by atoms with E-state index in [1.54, 1.807) is 39.9 Å². The highest BCUT2D eigenvalue weighted by atomic mass is 32.2. The van der Waals surface area contributed by atoms with Gasteiger partial charge >= 0.3 is 5.97 Å². The van der Waals surface area contributed by atoms with Gasteiger partial charge in [-0.1, -0.05) is 18.2 Å². The second-order valence-electron chi connectivity index (χ2n) is 9.05. The summed E-state index contributed by atoms with van der Waals surface area (Å²) in [4.78, 5) is 17.7. The van der Waals surface area contributed by atoms with Crippen LogP contribution in [-0.2, 0) is 23.0 Å². The van der Waals surface area contributed by atoms with Crippen molar-refractivity contribution in [1.82, 2.24) is 14.8 Å². The Labute approximate surface area is 214 Å². The molecule has 7 N–H and O–H groups in total. The molecule has 4 rings (SSSR count). The highest BCUT2D eigenvalue weighted by Crippen LogP contribution is 2.24. The van der Waals surface area contributed by atoms with Crippen LogP contribution in [0.15, 0.2) is 70.7 Å². The average molecular weight is 527 g/mol. The molecule has 0 fully saturated rings. The van der Waals surface area contributed by atoms with Crippen molar-refractivity contribution in [3.8, 4) is 0 Å². The molecular formula is C25H30N6O5S. The zero-order chi connectivity index (χ0) is 26.7. The third kappa shape index (κ3) is 6.35. The molecule has 1 aromatic heterocycles. The maximum absolute atomic E-state index is 12.0. The van der Waals surface area contributed by atoms with Gasteiger partial charge in [0.25, 0.3) is 0 Å². The predicted octanol–water partition coefficient (Wildman–Crippen LogP) is 1.02. The fourth-order valence-electron chi connectivity index (χ4n) is 4.24. The van der Waals surface area contributed by atoms with Gasteiger partial charge in [0, 0.05) is 36.2 Å². The number of hydrogen-bond donors (Lipinski definition) is 5. The Bertz CT molecular complexity index is 1460. The van der Waals surface area contributed by atoms with Crippen LogP contribution < -0.4 is 16.2 Å². The van der Waals surface area contributed by atoms with Crippen LogP contribution in [0.4, 0.5) is 0 Å². The number of hydrogen-bond acceptors (Lipinski definition) is 8. The largest absolute Gasteiger partial charge is 0.477 e. The number of fused-ring (bicyclic) bond motifs is 1. The minimum atomic E-state index is -3.80. The molecule has 0 saturated carbocycles. The number of aromatic carboxylic acids is 1. The molecule has 0 spiro atoms. The average Bonchev–Trinajstić information content (AvgIpc) is 3.20. The van der Waals surface area contributed by atoms with E-state index in [4.69, 9.17) is 10.9 Å². The van der Waals surface area contributed by atoms with Gasteiger partial charge in [0.05, 0.1) is 4.90 Å². The normalized spacial score (nSPS) is 15.5. The van der Waals surface area contributed by atoms with Crippen LogP contribution in [0.25, 0.3) is 10.9 Å². The van der Waals surface area contributed by atoms with E-state index in [-0.39, 0.29) is 23.2 Å². The van der Waals surface area contributed by atoms with Crippen molar-refractivity contribution >= 4 is 32.7 Å². The molecule has 12 heteroatoms. The number of carboxylic acids is 1. The number of rotatable bonds is 10. The van der Waals surface area contributed by atoms with Crippen LogP contribution in [0.1, 0.15) is 28.5 Å². The maximum atomic E-state index is 12.0. The quantitative estimate of drug-likeness (QED) is 0.260. The Morgan fingerprint density at radius 3 is 2.49 bits per heavy atom. The third-order valence-corrected chi connectivity index (χ3v) is 7.13. The van der Waals surface area contributed by atoms with Crippen LogP contribution in [0.5, 0.6) is 0 Å². The van der Waals surface area contributed by atoms with Crippen molar-refractivity contribution in [2.75, 3.05) is 13.2 Å². The molecule has 2 aromatic carbocycles. The van der Waals surface area contributed by atoms with E-state index in [0.29, 0.717) is 25.5 Å². The summed E-state index contributed by atoms with van der Waals surface area (Å²) in [5, 5.41) is 29.4. The van der Waals surface area contributed by atoms with Crippen molar-refractivity contribution in [3.05, 3.63) is 77.6 Å². The van der Waals surface area contributed by atoms with Gasteiger partial charge in [-0.2, -0.15) is 0 Å². The van der Waals surface area contributed by atoms with Crippen molar-refractivity contribution in [2.45, 2.75) is 37.1 Å². The molecule has 196 valence electrons. The SMILES string of the molecule is CC(Cc1ccc2c(c1)cc(C(=O)O)n2Cc1ccc(S(N)(=O)=O)cc1)NCC(O)N1C=CC(N)=NC1. The van der Waals surface area contributed by atoms with Crippen molar-refractivity contribution in [3.63, 3.8) is 0 Å². The van der Waals surface area contributed by atoms with Gasteiger partial charge in [0.2, 0.25) is 10.0 Å². The number of nitrogens with zero attached hydrogens (tertiary/aromatic N) is 3. The van der Waals surface area contributed by atoms with Gasteiger partial charge in [-0.25, -0.2) is 23.3 Å². The molecule has 0 saturated heterocycles. The topological polar surface area (TPSA) is 176 Å². The van der Waals surface area contributed by atoms with E-state index in [9.17, 15) is 23.4 Å². The van der Waals surface area contributed by atoms with Crippen molar-refractivity contribution in [1.29, 1.82) is 0 Å². The van der Waals surface area contributed by atoms with Gasteiger partial charge in [-0.05, 0) is 60.9 Å². The van der Waals surface area contributed by atoms with Crippen LogP contribution in [0.3, 0.4) is 0 Å². The number of benzene rings is 2. The molecule has 37 heavy (non-hydrogen) atoms. The maximum Gasteiger partial charge on any atom is 0.352 e. The summed E-state index contributed by atoms with van der Waals surface area (Å²) in [7, 11) is -3.80. The Balaban J connectivity index is 1.46. The first-order valence-electron chi connectivity index (χ1n) is 11.6. The number of aliphatic hydroxyl groups is 1. The molecule has 2 atom stereocenters. The van der Waals surface area contributed by atoms with Gasteiger partial charge in [-0.15, -0.1) is 0 Å². The second kappa shape index (κ2) is 10.7. The number of primary sulfonamides is 1. The lowest BCUT2D eigenvalue weighted by Gasteiger charge is -2.28. The van der Waals surface area contributed by atoms with Crippen molar-refractivity contribution in [2.24, 2.45) is 15.9 Å². The fourth-order valence-corrected chi connectivity index (χ4v) is 4.76. The highest BCUT2D eigenvalue weighted by Gasteiger charge is 2.18. The van der Waals surface area contributed by atoms with Crippen LogP contribution >= 0.6 is 0 Å². The van der Waals surface area contributed by atoms with E-state index in [0.717, 1.165) is 22.0 Å². The number of aliphatic hydroxyl groups excluding tert-OH is 1. The molecule has 0 bridgehead atoms. The smallest absolute Gasteiger partial charge is 0.352 e. The lowest BCUT2D eigenvalue weighted by Crippen LogP contribution is -2.44. The van der Waals surface area contributed by atoms with Gasteiger partial charge in [0.15, 0.2) is 0 Å². The summed E-state index contributed by atoms with van der Waals surface area (Å²) in [6.45, 7) is 2.91. The van der Waals surface area contributed by atoms with Crippen LogP contribution in [-0.4, -0.2) is 65.4 Å². The summed E-state index contributed by atoms with van der Waals surface area (Å²) in [6, 6.07) is 13.5. The first kappa shape index (κ1) is 26.4. The van der Waals surface area contributed by atoms with E-state index < -0.39 is 22.2 Å². The number of amidine groups is 1. The Kier molecular flexibility index (Phi) is 7.64. The standard InChI is InChI=1S/C25H30N6O5S/c1-16(28-13-24(32)30-9-8-23(26)29-15-30)10-18-4-7-21-19(11-18)12-22(25(33)34)31(21)14-17-2-5-20(6-3-17)37(27,35)36/h2-9,11-12,16,24,28,32H,10,13-15H2,1H3,(H2,26,29)(H,33,34)(H2,27,35,36). The molecule has 11 nitrogen and oxygen atoms in total. The molecule has 1 aliphatic heterocycles. The minimum Gasteiger partial charge on any atom is -0.477 e. The molecular weight excluding hydrogens is 496 g/mol. The molecule has 0 radical (unpaired) electrons. The first-order valence-corrected chi connectivity index (χ1v) is 13.2. The number of carboxylic acid groups (broad SMARTS) is 1. The summed E-state index contributed by atoms with van der Waals surface area (Å²) in [5.74, 6) is -0.624. The summed E-state index contributed by atoms with van der Waals surface area (Å²) in [5.41, 5.74) is 8.26. The monoisotopic (exact) mass is 526 g/mol. The molecule has 0 amide bonds. The molecule has 2 heterocycles. The highest BCUT2D eigenvalue weighted by molar-refractivity contribution is 7.89. The van der Waals surface area contributed by atoms with E-state index >= 15 is 0 Å². The number of nitrogens with two attached hydrogens (primary N) is 2. The van der Waals surface area contributed by atoms with E-state index in [2.05, 4.69) is 10.3 Å². The van der Waals surface area contributed by atoms with Gasteiger partial charge in [-0.3, -0.25) is 0 Å². The third-order valence-electron chi connectivity index (χ3n) is 6.20. The van der Waals surface area contributed by atoms with Crippen molar-refractivity contribution < 1.29 is 23.4 Å². The van der Waals surface area contributed by atoms with Gasteiger partial charge in [0.1, 0.15) is 24.4 Å². The fraction of sp³-hybridized carbons (Fsp3) is 0.280. The first-order chi connectivity index (χ1) is 17.5. The number of aromatic nitrogens is 1. The second-order valence-corrected chi connectivity index (χ2v) is 10.6. The summed E-state index contributed by atoms with van der Waals surface area (Å²) >= 11 is 0. The number of aliphatic imine (C=N–C) groups is 1. The summed E-state index contributed by atoms with van der Waals surface area (Å²) < 4.78 is 24.7. The van der Waals surface area contributed by atoms with Crippen LogP contribution in [0, 0.1) is 0 Å². The zero-order valence-electron chi connectivity index (χ0n) is 20.3.